The number of hydrogen-bond acceptors (Lipinski definition) is 6. The minimum Gasteiger partial charge on any atom is -0.493 e. The molecule has 1 amide bonds. The van der Waals surface area contributed by atoms with E-state index in [0.717, 1.165) is 10.1 Å². The SMILES string of the molecule is C=CCOc1ccc(C(=O)Nc2ccc(Sc3nncn3C)cc2)cc1OC. The molecule has 0 fully saturated rings. The molecular formula is C20H20N4O3S. The number of benzene rings is 2. The van der Waals surface area contributed by atoms with E-state index in [-0.39, 0.29) is 5.91 Å². The largest absolute Gasteiger partial charge is 0.493 e. The Labute approximate surface area is 167 Å². The monoisotopic (exact) mass is 396 g/mol. The van der Waals surface area contributed by atoms with Crippen LogP contribution in [0, 0.1) is 0 Å². The zero-order chi connectivity index (χ0) is 19.9. The highest BCUT2D eigenvalue weighted by atomic mass is 32.2. The van der Waals surface area contributed by atoms with Gasteiger partial charge in [0, 0.05) is 23.2 Å². The van der Waals surface area contributed by atoms with Gasteiger partial charge in [-0.15, -0.1) is 10.2 Å². The first-order valence-corrected chi connectivity index (χ1v) is 9.27. The molecule has 0 saturated carbocycles. The third-order valence-corrected chi connectivity index (χ3v) is 4.83. The molecule has 0 bridgehead atoms. The normalized spacial score (nSPS) is 10.4. The summed E-state index contributed by atoms with van der Waals surface area (Å²) in [7, 11) is 3.42. The maximum absolute atomic E-state index is 12.5. The third kappa shape index (κ3) is 4.72. The van der Waals surface area contributed by atoms with Crippen molar-refractivity contribution in [2.24, 2.45) is 7.05 Å². The number of hydrogen-bond donors (Lipinski definition) is 1. The topological polar surface area (TPSA) is 78.3 Å². The van der Waals surface area contributed by atoms with Gasteiger partial charge in [0.25, 0.3) is 5.91 Å². The number of methoxy groups -OCH3 is 1. The molecule has 0 aliphatic rings. The number of rotatable bonds is 8. The summed E-state index contributed by atoms with van der Waals surface area (Å²) in [5.74, 6) is 0.816. The molecule has 2 aromatic carbocycles. The third-order valence-electron chi connectivity index (χ3n) is 3.77. The highest BCUT2D eigenvalue weighted by Crippen LogP contribution is 2.29. The Bertz CT molecular complexity index is 970. The first-order valence-electron chi connectivity index (χ1n) is 8.45. The van der Waals surface area contributed by atoms with Gasteiger partial charge < -0.3 is 19.4 Å². The van der Waals surface area contributed by atoms with E-state index in [1.807, 2.05) is 35.9 Å². The van der Waals surface area contributed by atoms with Crippen molar-refractivity contribution in [3.05, 3.63) is 67.0 Å². The summed E-state index contributed by atoms with van der Waals surface area (Å²) in [5.41, 5.74) is 1.17. The number of nitrogens with one attached hydrogen (secondary N) is 1. The number of carbonyl (C=O) groups excluding carboxylic acids is 1. The summed E-state index contributed by atoms with van der Waals surface area (Å²) in [6, 6.07) is 12.6. The van der Waals surface area contributed by atoms with Gasteiger partial charge in [-0.05, 0) is 54.2 Å². The standard InChI is InChI=1S/C20H20N4O3S/c1-4-11-27-17-10-5-14(12-18(17)26-3)19(25)22-15-6-8-16(9-7-15)28-20-23-21-13-24(20)2/h4-10,12-13H,1,11H2,2-3H3,(H,22,25). The maximum atomic E-state index is 12.5. The van der Waals surface area contributed by atoms with Crippen molar-refractivity contribution in [2.75, 3.05) is 19.0 Å². The van der Waals surface area contributed by atoms with Gasteiger partial charge in [0.1, 0.15) is 12.9 Å². The summed E-state index contributed by atoms with van der Waals surface area (Å²) in [5, 5.41) is 11.6. The van der Waals surface area contributed by atoms with Crippen LogP contribution in [0.5, 0.6) is 11.5 Å². The summed E-state index contributed by atoms with van der Waals surface area (Å²) in [6.45, 7) is 3.98. The summed E-state index contributed by atoms with van der Waals surface area (Å²) < 4.78 is 12.7. The Balaban J connectivity index is 1.67. The van der Waals surface area contributed by atoms with E-state index in [2.05, 4.69) is 22.1 Å². The van der Waals surface area contributed by atoms with Gasteiger partial charge in [0.05, 0.1) is 7.11 Å². The van der Waals surface area contributed by atoms with Crippen LogP contribution in [0.25, 0.3) is 0 Å². The van der Waals surface area contributed by atoms with Crippen molar-refractivity contribution >= 4 is 23.4 Å². The molecule has 1 N–H and O–H groups in total. The van der Waals surface area contributed by atoms with Crippen molar-refractivity contribution in [2.45, 2.75) is 10.1 Å². The van der Waals surface area contributed by atoms with Gasteiger partial charge >= 0.3 is 0 Å². The zero-order valence-electron chi connectivity index (χ0n) is 15.6. The molecule has 28 heavy (non-hydrogen) atoms. The van der Waals surface area contributed by atoms with Crippen LogP contribution in [0.2, 0.25) is 0 Å². The maximum Gasteiger partial charge on any atom is 0.255 e. The van der Waals surface area contributed by atoms with Crippen LogP contribution >= 0.6 is 11.8 Å². The summed E-state index contributed by atoms with van der Waals surface area (Å²) in [4.78, 5) is 13.5. The predicted molar refractivity (Wildman–Crippen MR) is 108 cm³/mol. The average Bonchev–Trinajstić information content (AvgIpc) is 3.12. The lowest BCUT2D eigenvalue weighted by molar-refractivity contribution is 0.102. The van der Waals surface area contributed by atoms with Gasteiger partial charge in [0.15, 0.2) is 16.7 Å². The van der Waals surface area contributed by atoms with Crippen molar-refractivity contribution in [1.29, 1.82) is 0 Å². The molecule has 0 aliphatic heterocycles. The second-order valence-electron chi connectivity index (χ2n) is 5.77. The quantitative estimate of drug-likeness (QED) is 0.584. The second-order valence-corrected chi connectivity index (χ2v) is 6.81. The Morgan fingerprint density at radius 3 is 2.68 bits per heavy atom. The smallest absolute Gasteiger partial charge is 0.255 e. The number of aryl methyl sites for hydroxylation is 1. The number of ether oxygens (including phenoxy) is 2. The van der Waals surface area contributed by atoms with Crippen molar-refractivity contribution in [3.63, 3.8) is 0 Å². The Morgan fingerprint density at radius 1 is 1.25 bits per heavy atom. The first-order chi connectivity index (χ1) is 13.6. The van der Waals surface area contributed by atoms with Crippen LogP contribution in [0.4, 0.5) is 5.69 Å². The molecule has 0 radical (unpaired) electrons. The van der Waals surface area contributed by atoms with E-state index in [0.29, 0.717) is 29.4 Å². The lowest BCUT2D eigenvalue weighted by Crippen LogP contribution is -2.12. The molecule has 1 aromatic heterocycles. The second kappa shape index (κ2) is 9.09. The predicted octanol–water partition coefficient (Wildman–Crippen LogP) is 3.79. The molecule has 7 nitrogen and oxygen atoms in total. The van der Waals surface area contributed by atoms with E-state index >= 15 is 0 Å². The van der Waals surface area contributed by atoms with E-state index < -0.39 is 0 Å². The lowest BCUT2D eigenvalue weighted by atomic mass is 10.2. The minimum absolute atomic E-state index is 0.234. The van der Waals surface area contributed by atoms with Crippen LogP contribution in [-0.4, -0.2) is 34.4 Å². The van der Waals surface area contributed by atoms with Crippen LogP contribution in [0.1, 0.15) is 10.4 Å². The fourth-order valence-electron chi connectivity index (χ4n) is 2.36. The van der Waals surface area contributed by atoms with Crippen LogP contribution < -0.4 is 14.8 Å². The number of aromatic nitrogens is 3. The van der Waals surface area contributed by atoms with Gasteiger partial charge in [-0.25, -0.2) is 0 Å². The number of amides is 1. The molecule has 0 spiro atoms. The fourth-order valence-corrected chi connectivity index (χ4v) is 3.12. The fraction of sp³-hybridized carbons (Fsp3) is 0.150. The van der Waals surface area contributed by atoms with Crippen molar-refractivity contribution < 1.29 is 14.3 Å². The van der Waals surface area contributed by atoms with Crippen molar-refractivity contribution in [3.8, 4) is 11.5 Å². The highest BCUT2D eigenvalue weighted by Gasteiger charge is 2.12. The molecule has 3 rings (SSSR count). The molecule has 3 aromatic rings. The van der Waals surface area contributed by atoms with Crippen LogP contribution in [0.3, 0.4) is 0 Å². The van der Waals surface area contributed by atoms with Gasteiger partial charge in [-0.2, -0.15) is 0 Å². The molecule has 0 atom stereocenters. The highest BCUT2D eigenvalue weighted by molar-refractivity contribution is 7.99. The van der Waals surface area contributed by atoms with Gasteiger partial charge in [-0.3, -0.25) is 4.79 Å². The Hall–Kier alpha value is -3.26. The van der Waals surface area contributed by atoms with E-state index in [1.165, 1.54) is 18.9 Å². The summed E-state index contributed by atoms with van der Waals surface area (Å²) >= 11 is 1.50. The molecule has 1 heterocycles. The van der Waals surface area contributed by atoms with Gasteiger partial charge in [0.2, 0.25) is 0 Å². The van der Waals surface area contributed by atoms with Crippen LogP contribution in [-0.2, 0) is 7.05 Å². The molecule has 8 heteroatoms. The molecule has 0 aliphatic carbocycles. The molecule has 0 unspecified atom stereocenters. The van der Waals surface area contributed by atoms with E-state index in [4.69, 9.17) is 9.47 Å². The molecule has 0 saturated heterocycles. The average molecular weight is 396 g/mol. The zero-order valence-corrected chi connectivity index (χ0v) is 16.4. The number of carbonyl (C=O) groups is 1. The van der Waals surface area contributed by atoms with Crippen LogP contribution in [0.15, 0.2) is 71.5 Å². The Morgan fingerprint density at radius 2 is 2.04 bits per heavy atom. The molecular weight excluding hydrogens is 376 g/mol. The first kappa shape index (κ1) is 19.5. The summed E-state index contributed by atoms with van der Waals surface area (Å²) in [6.07, 6.45) is 3.30. The minimum atomic E-state index is -0.234. The Kier molecular flexibility index (Phi) is 6.33. The number of anilines is 1. The lowest BCUT2D eigenvalue weighted by Gasteiger charge is -2.11. The van der Waals surface area contributed by atoms with E-state index in [9.17, 15) is 4.79 Å². The van der Waals surface area contributed by atoms with E-state index in [1.54, 1.807) is 30.6 Å². The van der Waals surface area contributed by atoms with Crippen molar-refractivity contribution in [1.82, 2.24) is 14.8 Å². The number of nitrogens with zero attached hydrogens (tertiary/aromatic N) is 3. The molecule has 144 valence electrons. The van der Waals surface area contributed by atoms with Gasteiger partial charge in [-0.1, -0.05) is 12.7 Å².